The molecule has 2 aliphatic heterocycles. The van der Waals surface area contributed by atoms with Crippen LogP contribution < -0.4 is 5.32 Å². The van der Waals surface area contributed by atoms with Gasteiger partial charge in [0.2, 0.25) is 0 Å². The Hall–Kier alpha value is -1.57. The number of furan rings is 1. The number of hydrogen-bond acceptors (Lipinski definition) is 5. The molecular formula is C22H38N4O3. The molecule has 164 valence electrons. The standard InChI is InChI=1S/C22H38N4O3/c1-4-23-22(26-12-9-19(16-26)17-28-14-13-27-3)24-15-20(25-10-5-6-11-25)21-8-7-18(2)29-21/h7-8,19-20H,4-6,9-17H2,1-3H3,(H,23,24). The van der Waals surface area contributed by atoms with E-state index in [1.807, 2.05) is 6.92 Å². The lowest BCUT2D eigenvalue weighted by Gasteiger charge is -2.26. The Kier molecular flexibility index (Phi) is 8.83. The van der Waals surface area contributed by atoms with E-state index in [1.54, 1.807) is 7.11 Å². The summed E-state index contributed by atoms with van der Waals surface area (Å²) in [5.74, 6) is 3.57. The van der Waals surface area contributed by atoms with Crippen LogP contribution >= 0.6 is 0 Å². The number of aliphatic imine (C=N–C) groups is 1. The van der Waals surface area contributed by atoms with E-state index in [4.69, 9.17) is 18.9 Å². The Morgan fingerprint density at radius 2 is 2.10 bits per heavy atom. The van der Waals surface area contributed by atoms with E-state index >= 15 is 0 Å². The van der Waals surface area contributed by atoms with E-state index in [-0.39, 0.29) is 6.04 Å². The van der Waals surface area contributed by atoms with Crippen molar-refractivity contribution in [1.29, 1.82) is 0 Å². The number of nitrogens with one attached hydrogen (secondary N) is 1. The van der Waals surface area contributed by atoms with Crippen molar-refractivity contribution in [1.82, 2.24) is 15.1 Å². The Bertz CT molecular complexity index is 627. The van der Waals surface area contributed by atoms with Crippen LogP contribution in [-0.2, 0) is 9.47 Å². The first-order chi connectivity index (χ1) is 14.2. The van der Waals surface area contributed by atoms with Crippen LogP contribution in [0.5, 0.6) is 0 Å². The molecule has 2 unspecified atom stereocenters. The van der Waals surface area contributed by atoms with Crippen LogP contribution in [0.2, 0.25) is 0 Å². The molecule has 3 heterocycles. The fraction of sp³-hybridized carbons (Fsp3) is 0.773. The second-order valence-corrected chi connectivity index (χ2v) is 8.07. The van der Waals surface area contributed by atoms with E-state index in [1.165, 1.54) is 12.8 Å². The molecule has 0 aliphatic carbocycles. The normalized spacial score (nSPS) is 21.8. The quantitative estimate of drug-likeness (QED) is 0.366. The van der Waals surface area contributed by atoms with Gasteiger partial charge in [-0.05, 0) is 58.3 Å². The summed E-state index contributed by atoms with van der Waals surface area (Å²) in [6.45, 7) is 12.1. The molecular weight excluding hydrogens is 368 g/mol. The Balaban J connectivity index is 1.61. The number of likely N-dealkylation sites (tertiary alicyclic amines) is 2. The lowest BCUT2D eigenvalue weighted by molar-refractivity contribution is 0.0536. The van der Waals surface area contributed by atoms with Crippen LogP contribution in [0.3, 0.4) is 0 Å². The van der Waals surface area contributed by atoms with Crippen LogP contribution in [0.4, 0.5) is 0 Å². The summed E-state index contributed by atoms with van der Waals surface area (Å²) in [7, 11) is 1.71. The smallest absolute Gasteiger partial charge is 0.193 e. The molecule has 0 bridgehead atoms. The second kappa shape index (κ2) is 11.6. The van der Waals surface area contributed by atoms with Gasteiger partial charge in [0.25, 0.3) is 0 Å². The highest BCUT2D eigenvalue weighted by Crippen LogP contribution is 2.27. The fourth-order valence-corrected chi connectivity index (χ4v) is 4.22. The van der Waals surface area contributed by atoms with Gasteiger partial charge in [0.1, 0.15) is 11.5 Å². The Labute approximate surface area is 175 Å². The number of aryl methyl sites for hydroxylation is 1. The lowest BCUT2D eigenvalue weighted by atomic mass is 10.1. The zero-order valence-electron chi connectivity index (χ0n) is 18.4. The predicted octanol–water partition coefficient (Wildman–Crippen LogP) is 2.68. The zero-order chi connectivity index (χ0) is 20.5. The molecule has 3 rings (SSSR count). The van der Waals surface area contributed by atoms with Crippen LogP contribution in [-0.4, -0.2) is 82.0 Å². The van der Waals surface area contributed by atoms with Crippen molar-refractivity contribution in [2.24, 2.45) is 10.9 Å². The molecule has 2 atom stereocenters. The first-order valence-corrected chi connectivity index (χ1v) is 11.1. The fourth-order valence-electron chi connectivity index (χ4n) is 4.22. The average Bonchev–Trinajstić information content (AvgIpc) is 3.47. The SMILES string of the molecule is CCNC(=NCC(c1ccc(C)o1)N1CCCC1)N1CCC(COCCOC)C1. The summed E-state index contributed by atoms with van der Waals surface area (Å²) in [4.78, 5) is 9.93. The number of rotatable bonds is 10. The highest BCUT2D eigenvalue weighted by Gasteiger charge is 2.28. The number of guanidine groups is 1. The van der Waals surface area contributed by atoms with Gasteiger partial charge < -0.3 is 24.1 Å². The van der Waals surface area contributed by atoms with E-state index in [9.17, 15) is 0 Å². The van der Waals surface area contributed by atoms with Crippen molar-refractivity contribution in [3.05, 3.63) is 23.7 Å². The maximum absolute atomic E-state index is 5.99. The minimum Gasteiger partial charge on any atom is -0.465 e. The van der Waals surface area contributed by atoms with Crippen LogP contribution in [0.15, 0.2) is 21.5 Å². The third kappa shape index (κ3) is 6.46. The molecule has 0 amide bonds. The van der Waals surface area contributed by atoms with E-state index in [0.29, 0.717) is 19.1 Å². The van der Waals surface area contributed by atoms with Gasteiger partial charge in [0.05, 0.1) is 32.4 Å². The van der Waals surface area contributed by atoms with Crippen molar-refractivity contribution in [2.75, 3.05) is 66.2 Å². The molecule has 2 saturated heterocycles. The van der Waals surface area contributed by atoms with E-state index in [0.717, 1.165) is 69.8 Å². The van der Waals surface area contributed by atoms with Gasteiger partial charge in [-0.2, -0.15) is 0 Å². The molecule has 2 aliphatic rings. The second-order valence-electron chi connectivity index (χ2n) is 8.07. The largest absolute Gasteiger partial charge is 0.465 e. The van der Waals surface area contributed by atoms with Crippen LogP contribution in [0, 0.1) is 12.8 Å². The van der Waals surface area contributed by atoms with Crippen molar-refractivity contribution in [3.8, 4) is 0 Å². The molecule has 1 aromatic rings. The third-order valence-corrected chi connectivity index (χ3v) is 5.79. The maximum Gasteiger partial charge on any atom is 0.193 e. The Morgan fingerprint density at radius 3 is 2.79 bits per heavy atom. The van der Waals surface area contributed by atoms with Crippen molar-refractivity contribution in [3.63, 3.8) is 0 Å². The number of hydrogen-bond donors (Lipinski definition) is 1. The van der Waals surface area contributed by atoms with E-state index < -0.39 is 0 Å². The highest BCUT2D eigenvalue weighted by molar-refractivity contribution is 5.80. The van der Waals surface area contributed by atoms with Crippen LogP contribution in [0.1, 0.15) is 43.7 Å². The number of ether oxygens (including phenoxy) is 2. The third-order valence-electron chi connectivity index (χ3n) is 5.79. The summed E-state index contributed by atoms with van der Waals surface area (Å²) in [5, 5.41) is 3.49. The lowest BCUT2D eigenvalue weighted by Crippen LogP contribution is -2.41. The van der Waals surface area contributed by atoms with Gasteiger partial charge in [0, 0.05) is 32.7 Å². The van der Waals surface area contributed by atoms with Gasteiger partial charge >= 0.3 is 0 Å². The number of methoxy groups -OCH3 is 1. The molecule has 1 N–H and O–H groups in total. The van der Waals surface area contributed by atoms with Gasteiger partial charge in [-0.1, -0.05) is 0 Å². The zero-order valence-corrected chi connectivity index (χ0v) is 18.4. The first kappa shape index (κ1) is 22.1. The molecule has 0 radical (unpaired) electrons. The molecule has 7 heteroatoms. The van der Waals surface area contributed by atoms with Crippen molar-refractivity contribution in [2.45, 2.75) is 39.2 Å². The van der Waals surface area contributed by atoms with Crippen molar-refractivity contribution >= 4 is 5.96 Å². The minimum absolute atomic E-state index is 0.218. The summed E-state index contributed by atoms with van der Waals surface area (Å²) in [5.41, 5.74) is 0. The van der Waals surface area contributed by atoms with Gasteiger partial charge in [-0.3, -0.25) is 9.89 Å². The first-order valence-electron chi connectivity index (χ1n) is 11.1. The summed E-state index contributed by atoms with van der Waals surface area (Å²) < 4.78 is 16.8. The van der Waals surface area contributed by atoms with Gasteiger partial charge in [-0.25, -0.2) is 0 Å². The van der Waals surface area contributed by atoms with Crippen molar-refractivity contribution < 1.29 is 13.9 Å². The van der Waals surface area contributed by atoms with Gasteiger partial charge in [0.15, 0.2) is 5.96 Å². The molecule has 0 saturated carbocycles. The van der Waals surface area contributed by atoms with E-state index in [2.05, 4.69) is 34.2 Å². The molecule has 0 spiro atoms. The number of nitrogens with zero attached hydrogens (tertiary/aromatic N) is 3. The molecule has 1 aromatic heterocycles. The monoisotopic (exact) mass is 406 g/mol. The topological polar surface area (TPSA) is 62.5 Å². The predicted molar refractivity (Wildman–Crippen MR) is 115 cm³/mol. The summed E-state index contributed by atoms with van der Waals surface area (Å²) in [6, 6.07) is 4.39. The highest BCUT2D eigenvalue weighted by atomic mass is 16.5. The molecule has 0 aromatic carbocycles. The molecule has 2 fully saturated rings. The minimum atomic E-state index is 0.218. The average molecular weight is 407 g/mol. The summed E-state index contributed by atoms with van der Waals surface area (Å²) >= 11 is 0. The summed E-state index contributed by atoms with van der Waals surface area (Å²) in [6.07, 6.45) is 3.66. The van der Waals surface area contributed by atoms with Crippen LogP contribution in [0.25, 0.3) is 0 Å². The Morgan fingerprint density at radius 1 is 1.28 bits per heavy atom. The van der Waals surface area contributed by atoms with Gasteiger partial charge in [-0.15, -0.1) is 0 Å². The molecule has 7 nitrogen and oxygen atoms in total. The molecule has 29 heavy (non-hydrogen) atoms. The maximum atomic E-state index is 5.99.